The van der Waals surface area contributed by atoms with E-state index in [0.717, 1.165) is 0 Å². The summed E-state index contributed by atoms with van der Waals surface area (Å²) in [4.78, 5) is 11.3. The van der Waals surface area contributed by atoms with Gasteiger partial charge in [0.2, 0.25) is 13.0 Å². The van der Waals surface area contributed by atoms with Crippen LogP contribution < -0.4 is 9.47 Å². The van der Waals surface area contributed by atoms with E-state index < -0.39 is 12.1 Å². The SMILES string of the molecule is CCOC(=O)C(F)c1cc2c(cc1Br)OCO2. The van der Waals surface area contributed by atoms with Crippen LogP contribution in [0.1, 0.15) is 18.7 Å². The highest BCUT2D eigenvalue weighted by atomic mass is 79.9. The maximum atomic E-state index is 13.8. The van der Waals surface area contributed by atoms with Crippen molar-refractivity contribution in [2.75, 3.05) is 13.4 Å². The van der Waals surface area contributed by atoms with Crippen molar-refractivity contribution in [2.24, 2.45) is 0 Å². The number of benzene rings is 1. The minimum Gasteiger partial charge on any atom is -0.464 e. The van der Waals surface area contributed by atoms with E-state index in [2.05, 4.69) is 20.7 Å². The van der Waals surface area contributed by atoms with E-state index in [1.807, 2.05) is 0 Å². The van der Waals surface area contributed by atoms with E-state index in [0.29, 0.717) is 16.0 Å². The van der Waals surface area contributed by atoms with Crippen LogP contribution in [0.5, 0.6) is 11.5 Å². The molecule has 1 aliphatic heterocycles. The standard InChI is InChI=1S/C11H10BrFO4/c1-2-15-11(14)10(13)6-3-8-9(4-7(6)12)17-5-16-8/h3-4,10H,2,5H2,1H3. The van der Waals surface area contributed by atoms with Crippen molar-refractivity contribution >= 4 is 21.9 Å². The normalized spacial score (nSPS) is 14.5. The third-order valence-electron chi connectivity index (χ3n) is 2.26. The second-order valence-electron chi connectivity index (χ2n) is 3.34. The zero-order valence-electron chi connectivity index (χ0n) is 9.04. The predicted octanol–water partition coefficient (Wildman–Crippen LogP) is 2.75. The molecule has 0 spiro atoms. The Balaban J connectivity index is 2.29. The number of alkyl halides is 1. The molecule has 1 aromatic carbocycles. The van der Waals surface area contributed by atoms with E-state index in [1.165, 1.54) is 6.07 Å². The molecule has 4 nitrogen and oxygen atoms in total. The average Bonchev–Trinajstić information content (AvgIpc) is 2.74. The Morgan fingerprint density at radius 3 is 2.82 bits per heavy atom. The van der Waals surface area contributed by atoms with Crippen LogP contribution in [-0.2, 0) is 9.53 Å². The van der Waals surface area contributed by atoms with Crippen LogP contribution in [0.4, 0.5) is 4.39 Å². The molecule has 0 amide bonds. The molecule has 0 radical (unpaired) electrons. The van der Waals surface area contributed by atoms with Gasteiger partial charge in [-0.15, -0.1) is 0 Å². The van der Waals surface area contributed by atoms with Crippen molar-refractivity contribution in [1.82, 2.24) is 0 Å². The summed E-state index contributed by atoms with van der Waals surface area (Å²) >= 11 is 3.19. The summed E-state index contributed by atoms with van der Waals surface area (Å²) in [6.45, 7) is 1.86. The lowest BCUT2D eigenvalue weighted by atomic mass is 10.1. The number of hydrogen-bond acceptors (Lipinski definition) is 4. The molecule has 6 heteroatoms. The summed E-state index contributed by atoms with van der Waals surface area (Å²) in [6.07, 6.45) is -1.83. The molecule has 2 rings (SSSR count). The summed E-state index contributed by atoms with van der Waals surface area (Å²) < 4.78 is 29.2. The Kier molecular flexibility index (Phi) is 3.51. The van der Waals surface area contributed by atoms with E-state index in [9.17, 15) is 9.18 Å². The Hall–Kier alpha value is -1.30. The fourth-order valence-electron chi connectivity index (χ4n) is 1.47. The van der Waals surface area contributed by atoms with Crippen LogP contribution in [-0.4, -0.2) is 19.4 Å². The Morgan fingerprint density at radius 1 is 1.53 bits per heavy atom. The molecule has 0 N–H and O–H groups in total. The quantitative estimate of drug-likeness (QED) is 0.806. The van der Waals surface area contributed by atoms with Crippen molar-refractivity contribution < 1.29 is 23.4 Å². The lowest BCUT2D eigenvalue weighted by Crippen LogP contribution is -2.12. The molecule has 92 valence electrons. The van der Waals surface area contributed by atoms with Gasteiger partial charge in [0, 0.05) is 10.0 Å². The summed E-state index contributed by atoms with van der Waals surface area (Å²) in [5.41, 5.74) is 0.174. The van der Waals surface area contributed by atoms with E-state index in [4.69, 9.17) is 9.47 Å². The highest BCUT2D eigenvalue weighted by molar-refractivity contribution is 9.10. The van der Waals surface area contributed by atoms with Gasteiger partial charge in [-0.1, -0.05) is 15.9 Å². The lowest BCUT2D eigenvalue weighted by molar-refractivity contribution is -0.149. The summed E-state index contributed by atoms with van der Waals surface area (Å²) in [5, 5.41) is 0. The third kappa shape index (κ3) is 2.36. The van der Waals surface area contributed by atoms with Crippen molar-refractivity contribution in [3.8, 4) is 11.5 Å². The number of fused-ring (bicyclic) bond motifs is 1. The largest absolute Gasteiger partial charge is 0.464 e. The zero-order chi connectivity index (χ0) is 12.4. The molecule has 0 fully saturated rings. The van der Waals surface area contributed by atoms with Crippen molar-refractivity contribution in [3.05, 3.63) is 22.2 Å². The fraction of sp³-hybridized carbons (Fsp3) is 0.364. The maximum absolute atomic E-state index is 13.8. The predicted molar refractivity (Wildman–Crippen MR) is 60.7 cm³/mol. The summed E-state index contributed by atoms with van der Waals surface area (Å²) in [6, 6.07) is 3.01. The van der Waals surface area contributed by atoms with Gasteiger partial charge in [-0.2, -0.15) is 0 Å². The molecule has 0 saturated heterocycles. The van der Waals surface area contributed by atoms with Gasteiger partial charge in [0.25, 0.3) is 0 Å². The van der Waals surface area contributed by atoms with Crippen LogP contribution in [0.15, 0.2) is 16.6 Å². The van der Waals surface area contributed by atoms with Crippen LogP contribution in [0.2, 0.25) is 0 Å². The number of carbonyl (C=O) groups is 1. The second kappa shape index (κ2) is 4.91. The number of esters is 1. The van der Waals surface area contributed by atoms with Gasteiger partial charge in [-0.3, -0.25) is 0 Å². The molecule has 0 saturated carbocycles. The number of rotatable bonds is 3. The lowest BCUT2D eigenvalue weighted by Gasteiger charge is -2.10. The van der Waals surface area contributed by atoms with Gasteiger partial charge in [0.1, 0.15) is 0 Å². The first-order chi connectivity index (χ1) is 8.13. The van der Waals surface area contributed by atoms with Gasteiger partial charge in [0.15, 0.2) is 11.5 Å². The minimum absolute atomic E-state index is 0.0988. The van der Waals surface area contributed by atoms with Crippen LogP contribution in [0.25, 0.3) is 0 Å². The van der Waals surface area contributed by atoms with Gasteiger partial charge in [-0.05, 0) is 19.1 Å². The molecule has 1 aliphatic rings. The third-order valence-corrected chi connectivity index (χ3v) is 2.95. The number of carbonyl (C=O) groups excluding carboxylic acids is 1. The van der Waals surface area contributed by atoms with E-state index in [1.54, 1.807) is 13.0 Å². The second-order valence-corrected chi connectivity index (χ2v) is 4.20. The van der Waals surface area contributed by atoms with Gasteiger partial charge >= 0.3 is 5.97 Å². The zero-order valence-corrected chi connectivity index (χ0v) is 10.6. The van der Waals surface area contributed by atoms with E-state index >= 15 is 0 Å². The number of halogens is 2. The van der Waals surface area contributed by atoms with Crippen LogP contribution in [0, 0.1) is 0 Å². The molecule has 1 aromatic rings. The molecule has 1 atom stereocenters. The van der Waals surface area contributed by atoms with Crippen molar-refractivity contribution in [2.45, 2.75) is 13.1 Å². The van der Waals surface area contributed by atoms with Gasteiger partial charge < -0.3 is 14.2 Å². The van der Waals surface area contributed by atoms with Crippen LogP contribution >= 0.6 is 15.9 Å². The molecule has 1 heterocycles. The Morgan fingerprint density at radius 2 is 2.18 bits per heavy atom. The first-order valence-corrected chi connectivity index (χ1v) is 5.82. The Labute approximate surface area is 106 Å². The molecule has 0 aromatic heterocycles. The van der Waals surface area contributed by atoms with Gasteiger partial charge in [-0.25, -0.2) is 9.18 Å². The first-order valence-electron chi connectivity index (χ1n) is 5.03. The highest BCUT2D eigenvalue weighted by Gasteiger charge is 2.26. The molecular weight excluding hydrogens is 295 g/mol. The molecule has 1 unspecified atom stereocenters. The molecular formula is C11H10BrFO4. The monoisotopic (exact) mass is 304 g/mol. The smallest absolute Gasteiger partial charge is 0.345 e. The fourth-order valence-corrected chi connectivity index (χ4v) is 1.99. The van der Waals surface area contributed by atoms with Crippen molar-refractivity contribution in [1.29, 1.82) is 0 Å². The number of ether oxygens (including phenoxy) is 3. The summed E-state index contributed by atoms with van der Waals surface area (Å²) in [5.74, 6) is 0.0406. The first kappa shape index (κ1) is 12.2. The van der Waals surface area contributed by atoms with Crippen LogP contribution in [0.3, 0.4) is 0 Å². The molecule has 0 aliphatic carbocycles. The topological polar surface area (TPSA) is 44.8 Å². The van der Waals surface area contributed by atoms with Crippen molar-refractivity contribution in [3.63, 3.8) is 0 Å². The molecule has 0 bridgehead atoms. The minimum atomic E-state index is -1.83. The number of hydrogen-bond donors (Lipinski definition) is 0. The molecule has 17 heavy (non-hydrogen) atoms. The average molecular weight is 305 g/mol. The Bertz CT molecular complexity index is 449. The highest BCUT2D eigenvalue weighted by Crippen LogP contribution is 2.40. The van der Waals surface area contributed by atoms with Gasteiger partial charge in [0.05, 0.1) is 6.61 Å². The maximum Gasteiger partial charge on any atom is 0.345 e. The van der Waals surface area contributed by atoms with E-state index in [-0.39, 0.29) is 19.0 Å². The summed E-state index contributed by atoms with van der Waals surface area (Å²) in [7, 11) is 0.